The van der Waals surface area contributed by atoms with Gasteiger partial charge in [-0.1, -0.05) is 133 Å². The molecule has 0 fully saturated rings. The van der Waals surface area contributed by atoms with E-state index in [4.69, 9.17) is 0 Å². The second-order valence-electron chi connectivity index (χ2n) is 10.6. The van der Waals surface area contributed by atoms with E-state index >= 15 is 0 Å². The van der Waals surface area contributed by atoms with Crippen LogP contribution in [0.5, 0.6) is 0 Å². The Labute approximate surface area is 227 Å². The first-order chi connectivity index (χ1) is 19.3. The highest BCUT2D eigenvalue weighted by Crippen LogP contribution is 2.46. The minimum Gasteiger partial charge on any atom is -0.0616 e. The number of hydrogen-bond donors (Lipinski definition) is 0. The number of hydrogen-bond acceptors (Lipinski definition) is 0. The summed E-state index contributed by atoms with van der Waals surface area (Å²) in [7, 11) is 0. The van der Waals surface area contributed by atoms with Gasteiger partial charge in [0.2, 0.25) is 0 Å². The van der Waals surface area contributed by atoms with Gasteiger partial charge < -0.3 is 0 Å². The molecule has 0 saturated heterocycles. The largest absolute Gasteiger partial charge is 0.0616 e. The summed E-state index contributed by atoms with van der Waals surface area (Å²) in [4.78, 5) is 0. The predicted molar refractivity (Wildman–Crippen MR) is 170 cm³/mol. The van der Waals surface area contributed by atoms with Crippen LogP contribution in [0.2, 0.25) is 0 Å². The maximum Gasteiger partial charge on any atom is -0.00201 e. The second-order valence-corrected chi connectivity index (χ2v) is 10.6. The smallest absolute Gasteiger partial charge is 0.00201 e. The first kappa shape index (κ1) is 22.1. The summed E-state index contributed by atoms with van der Waals surface area (Å²) in [6, 6.07) is 51.5. The highest BCUT2D eigenvalue weighted by Gasteiger charge is 2.18. The van der Waals surface area contributed by atoms with E-state index in [2.05, 4.69) is 146 Å². The first-order valence-corrected chi connectivity index (χ1v) is 13.6. The third kappa shape index (κ3) is 3.39. The molecular formula is C39H26. The van der Waals surface area contributed by atoms with E-state index in [0.717, 1.165) is 0 Å². The van der Waals surface area contributed by atoms with Crippen molar-refractivity contribution in [3.05, 3.63) is 145 Å². The Hall–Kier alpha value is -4.94. The SMILES string of the molecule is Cc1cccc(-c2c3ccccc3c(-c3cccc4c3ccc3cc5ccccc5cc34)c3ccccc23)c1. The van der Waals surface area contributed by atoms with Crippen LogP contribution in [0.4, 0.5) is 0 Å². The Morgan fingerprint density at radius 2 is 0.923 bits per heavy atom. The lowest BCUT2D eigenvalue weighted by molar-refractivity contribution is 1.47. The average Bonchev–Trinajstić information content (AvgIpc) is 2.98. The van der Waals surface area contributed by atoms with Gasteiger partial charge in [-0.3, -0.25) is 0 Å². The van der Waals surface area contributed by atoms with Gasteiger partial charge in [-0.25, -0.2) is 0 Å². The van der Waals surface area contributed by atoms with Crippen LogP contribution in [0.25, 0.3) is 76.1 Å². The van der Waals surface area contributed by atoms with Gasteiger partial charge in [0.25, 0.3) is 0 Å². The Kier molecular flexibility index (Phi) is 4.84. The van der Waals surface area contributed by atoms with Gasteiger partial charge in [-0.05, 0) is 95.2 Å². The number of fused-ring (bicyclic) bond motifs is 6. The number of aryl methyl sites for hydroxylation is 1. The zero-order valence-corrected chi connectivity index (χ0v) is 21.8. The van der Waals surface area contributed by atoms with Crippen LogP contribution < -0.4 is 0 Å². The van der Waals surface area contributed by atoms with Crippen molar-refractivity contribution in [2.45, 2.75) is 6.92 Å². The Bertz CT molecular complexity index is 2180. The lowest BCUT2D eigenvalue weighted by Crippen LogP contribution is -1.92. The molecule has 182 valence electrons. The van der Waals surface area contributed by atoms with Crippen LogP contribution in [0.15, 0.2) is 140 Å². The zero-order valence-electron chi connectivity index (χ0n) is 21.8. The van der Waals surface area contributed by atoms with Crippen molar-refractivity contribution in [3.63, 3.8) is 0 Å². The van der Waals surface area contributed by atoms with E-state index in [9.17, 15) is 0 Å². The van der Waals surface area contributed by atoms with Gasteiger partial charge in [0, 0.05) is 0 Å². The molecule has 0 aliphatic carbocycles. The van der Waals surface area contributed by atoms with Gasteiger partial charge in [0.1, 0.15) is 0 Å². The Balaban J connectivity index is 1.51. The summed E-state index contributed by atoms with van der Waals surface area (Å²) < 4.78 is 0. The quantitative estimate of drug-likeness (QED) is 0.166. The minimum atomic E-state index is 1.27. The fourth-order valence-corrected chi connectivity index (χ4v) is 6.53. The van der Waals surface area contributed by atoms with E-state index in [0.29, 0.717) is 0 Å². The van der Waals surface area contributed by atoms with Gasteiger partial charge in [-0.2, -0.15) is 0 Å². The van der Waals surface area contributed by atoms with Crippen LogP contribution in [-0.4, -0.2) is 0 Å². The second kappa shape index (κ2) is 8.55. The van der Waals surface area contributed by atoms with E-state index in [1.165, 1.54) is 81.7 Å². The monoisotopic (exact) mass is 494 g/mol. The Morgan fingerprint density at radius 3 is 1.62 bits per heavy atom. The molecule has 0 heteroatoms. The van der Waals surface area contributed by atoms with E-state index in [-0.39, 0.29) is 0 Å². The highest BCUT2D eigenvalue weighted by atomic mass is 14.2. The van der Waals surface area contributed by atoms with Crippen molar-refractivity contribution in [3.8, 4) is 22.3 Å². The van der Waals surface area contributed by atoms with Crippen molar-refractivity contribution in [1.82, 2.24) is 0 Å². The topological polar surface area (TPSA) is 0 Å². The molecule has 0 radical (unpaired) electrons. The lowest BCUT2D eigenvalue weighted by Gasteiger charge is -2.19. The van der Waals surface area contributed by atoms with E-state index in [1.807, 2.05) is 0 Å². The standard InChI is InChI=1S/C39H26/c1-25-10-8-13-29(22-25)38-33-14-4-6-16-35(33)39(36-17-7-5-15-34(36)38)32-19-9-18-30-31(32)21-20-28-23-26-11-2-3-12-27(26)24-37(28)30/h2-24H,1H3. The molecule has 8 rings (SSSR count). The number of rotatable bonds is 2. The molecule has 0 aromatic heterocycles. The Morgan fingerprint density at radius 1 is 0.333 bits per heavy atom. The fourth-order valence-electron chi connectivity index (χ4n) is 6.53. The maximum absolute atomic E-state index is 2.35. The van der Waals surface area contributed by atoms with Crippen LogP contribution in [-0.2, 0) is 0 Å². The van der Waals surface area contributed by atoms with Gasteiger partial charge in [0.05, 0.1) is 0 Å². The maximum atomic E-state index is 2.35. The molecule has 8 aromatic rings. The third-order valence-electron chi connectivity index (χ3n) is 8.25. The molecule has 0 aliphatic heterocycles. The fraction of sp³-hybridized carbons (Fsp3) is 0.0256. The van der Waals surface area contributed by atoms with Crippen molar-refractivity contribution in [2.24, 2.45) is 0 Å². The van der Waals surface area contributed by atoms with Crippen molar-refractivity contribution in [2.75, 3.05) is 0 Å². The normalized spacial score (nSPS) is 11.7. The van der Waals surface area contributed by atoms with E-state index in [1.54, 1.807) is 0 Å². The zero-order chi connectivity index (χ0) is 25.9. The minimum absolute atomic E-state index is 1.27. The predicted octanol–water partition coefficient (Wildman–Crippen LogP) is 11.1. The van der Waals surface area contributed by atoms with E-state index < -0.39 is 0 Å². The summed E-state index contributed by atoms with van der Waals surface area (Å²) in [6.45, 7) is 2.17. The summed E-state index contributed by atoms with van der Waals surface area (Å²) in [5, 5.41) is 12.9. The third-order valence-corrected chi connectivity index (χ3v) is 8.25. The molecule has 0 spiro atoms. The summed E-state index contributed by atoms with van der Waals surface area (Å²) in [5.41, 5.74) is 6.45. The molecule has 0 amide bonds. The molecule has 39 heavy (non-hydrogen) atoms. The summed E-state index contributed by atoms with van der Waals surface area (Å²) >= 11 is 0. The van der Waals surface area contributed by atoms with Gasteiger partial charge >= 0.3 is 0 Å². The molecule has 0 unspecified atom stereocenters. The molecular weight excluding hydrogens is 468 g/mol. The average molecular weight is 495 g/mol. The molecule has 0 aliphatic rings. The molecule has 0 bridgehead atoms. The molecule has 0 N–H and O–H groups in total. The van der Waals surface area contributed by atoms with Crippen molar-refractivity contribution < 1.29 is 0 Å². The van der Waals surface area contributed by atoms with Crippen LogP contribution in [0.3, 0.4) is 0 Å². The van der Waals surface area contributed by atoms with Gasteiger partial charge in [-0.15, -0.1) is 0 Å². The highest BCUT2D eigenvalue weighted by molar-refractivity contribution is 6.25. The summed E-state index contributed by atoms with van der Waals surface area (Å²) in [6.07, 6.45) is 0. The van der Waals surface area contributed by atoms with Crippen molar-refractivity contribution >= 4 is 53.9 Å². The molecule has 8 aromatic carbocycles. The molecule has 0 heterocycles. The van der Waals surface area contributed by atoms with Gasteiger partial charge in [0.15, 0.2) is 0 Å². The molecule has 0 nitrogen and oxygen atoms in total. The summed E-state index contributed by atoms with van der Waals surface area (Å²) in [5.74, 6) is 0. The first-order valence-electron chi connectivity index (χ1n) is 13.6. The van der Waals surface area contributed by atoms with Crippen LogP contribution in [0, 0.1) is 6.92 Å². The van der Waals surface area contributed by atoms with Crippen LogP contribution >= 0.6 is 0 Å². The molecule has 0 saturated carbocycles. The number of benzene rings is 8. The molecule has 0 atom stereocenters. The van der Waals surface area contributed by atoms with Crippen LogP contribution in [0.1, 0.15) is 5.56 Å². The van der Waals surface area contributed by atoms with Crippen molar-refractivity contribution in [1.29, 1.82) is 0 Å². The lowest BCUT2D eigenvalue weighted by atomic mass is 9.84.